The molecular weight excluding hydrogens is 312 g/mol. The van der Waals surface area contributed by atoms with Gasteiger partial charge in [0.1, 0.15) is 0 Å². The van der Waals surface area contributed by atoms with Crippen LogP contribution in [0, 0.1) is 12.3 Å². The average molecular weight is 363 g/mol. The molecule has 0 heteroatoms. The Morgan fingerprint density at radius 1 is 0.846 bits per heavy atom. The quantitative estimate of drug-likeness (QED) is 0.423. The van der Waals surface area contributed by atoms with E-state index in [2.05, 4.69) is 86.2 Å². The molecule has 0 N–H and O–H groups in total. The zero-order chi connectivity index (χ0) is 21.0. The first-order chi connectivity index (χ1) is 12.3. The van der Waals surface area contributed by atoms with Crippen molar-refractivity contribution in [3.05, 3.63) is 42.0 Å². The van der Waals surface area contributed by atoms with Gasteiger partial charge in [-0.2, -0.15) is 0 Å². The minimum Gasteiger partial charge on any atom is -0.0947 e. The van der Waals surface area contributed by atoms with Crippen molar-refractivity contribution in [2.24, 2.45) is 5.41 Å². The molecule has 0 aliphatic heterocycles. The number of benzene rings is 1. The summed E-state index contributed by atoms with van der Waals surface area (Å²) in [5, 5.41) is 0. The van der Waals surface area contributed by atoms with E-state index in [1.807, 2.05) is 13.8 Å². The summed E-state index contributed by atoms with van der Waals surface area (Å²) in [6.07, 6.45) is 9.05. The van der Waals surface area contributed by atoms with Crippen molar-refractivity contribution >= 4 is 5.57 Å². The summed E-state index contributed by atoms with van der Waals surface area (Å²) in [7, 11) is 0. The van der Waals surface area contributed by atoms with Gasteiger partial charge in [-0.25, -0.2) is 0 Å². The van der Waals surface area contributed by atoms with E-state index in [1.54, 1.807) is 0 Å². The smallest absolute Gasteiger partial charge is 0.0103 e. The van der Waals surface area contributed by atoms with Gasteiger partial charge in [-0.05, 0) is 35.5 Å². The molecule has 0 saturated carbocycles. The fraction of sp³-hybridized carbons (Fsp3) is 0.692. The summed E-state index contributed by atoms with van der Waals surface area (Å²) in [6, 6.07) is 8.58. The lowest BCUT2D eigenvalue weighted by molar-refractivity contribution is 0.426. The predicted octanol–water partition coefficient (Wildman–Crippen LogP) is 9.86. The van der Waals surface area contributed by atoms with Crippen LogP contribution in [0.3, 0.4) is 0 Å². The summed E-state index contributed by atoms with van der Waals surface area (Å²) < 4.78 is 0. The summed E-state index contributed by atoms with van der Waals surface area (Å²) in [5.41, 5.74) is 4.17. The normalized spacial score (nSPS) is 9.62. The molecule has 0 aromatic heterocycles. The molecule has 1 aromatic carbocycles. The molecule has 0 nitrogen and oxygen atoms in total. The van der Waals surface area contributed by atoms with Crippen LogP contribution in [0.5, 0.6) is 0 Å². The number of aryl methyl sites for hydroxylation is 1. The molecule has 0 saturated heterocycles. The highest BCUT2D eigenvalue weighted by Crippen LogP contribution is 2.38. The molecule has 0 amide bonds. The van der Waals surface area contributed by atoms with Gasteiger partial charge in [0.15, 0.2) is 0 Å². The molecule has 0 atom stereocenters. The maximum Gasteiger partial charge on any atom is -0.0103 e. The van der Waals surface area contributed by atoms with Gasteiger partial charge in [0.05, 0.1) is 0 Å². The van der Waals surface area contributed by atoms with Crippen LogP contribution in [0.4, 0.5) is 0 Å². The summed E-state index contributed by atoms with van der Waals surface area (Å²) in [4.78, 5) is 0. The Morgan fingerprint density at radius 2 is 1.31 bits per heavy atom. The molecule has 26 heavy (non-hydrogen) atoms. The van der Waals surface area contributed by atoms with Crippen molar-refractivity contribution in [2.45, 2.75) is 114 Å². The largest absolute Gasteiger partial charge is 0.0947 e. The lowest BCUT2D eigenvalue weighted by Crippen LogP contribution is -2.14. The maximum absolute atomic E-state index is 4.36. The second kappa shape index (κ2) is 20.3. The molecule has 0 fully saturated rings. The Labute approximate surface area is 167 Å². The van der Waals surface area contributed by atoms with Crippen LogP contribution in [0.15, 0.2) is 30.8 Å². The van der Waals surface area contributed by atoms with Crippen molar-refractivity contribution in [3.63, 3.8) is 0 Å². The van der Waals surface area contributed by atoms with Gasteiger partial charge >= 0.3 is 0 Å². The Bertz CT molecular complexity index is 410. The van der Waals surface area contributed by atoms with Gasteiger partial charge in [-0.15, -0.1) is 0 Å². The summed E-state index contributed by atoms with van der Waals surface area (Å²) in [6.45, 7) is 25.9. The van der Waals surface area contributed by atoms with Crippen LogP contribution in [-0.4, -0.2) is 0 Å². The van der Waals surface area contributed by atoms with E-state index < -0.39 is 0 Å². The molecule has 0 spiro atoms. The molecule has 0 radical (unpaired) electrons. The molecule has 0 aliphatic rings. The Morgan fingerprint density at radius 3 is 1.73 bits per heavy atom. The zero-order valence-corrected chi connectivity index (χ0v) is 20.0. The van der Waals surface area contributed by atoms with Crippen molar-refractivity contribution in [3.8, 4) is 0 Å². The van der Waals surface area contributed by atoms with E-state index >= 15 is 0 Å². The second-order valence-corrected chi connectivity index (χ2v) is 7.40. The molecular formula is C26H50. The van der Waals surface area contributed by atoms with Gasteiger partial charge in [-0.1, -0.05) is 132 Å². The SMILES string of the molecule is C=C(c1ccccc1C)C(C)(C)CCCCCC.CC.CCC.CCC. The van der Waals surface area contributed by atoms with Crippen molar-refractivity contribution in [2.75, 3.05) is 0 Å². The third-order valence-corrected chi connectivity index (χ3v) is 3.94. The van der Waals surface area contributed by atoms with Crippen molar-refractivity contribution in [1.29, 1.82) is 0 Å². The molecule has 1 rings (SSSR count). The third kappa shape index (κ3) is 15.2. The first kappa shape index (κ1) is 29.7. The topological polar surface area (TPSA) is 0 Å². The average Bonchev–Trinajstić information content (AvgIpc) is 2.62. The number of unbranched alkanes of at least 4 members (excludes halogenated alkanes) is 3. The lowest BCUT2D eigenvalue weighted by atomic mass is 9.76. The number of allylic oxidation sites excluding steroid dienone is 1. The Kier molecular flexibility index (Phi) is 23.2. The van der Waals surface area contributed by atoms with Crippen molar-refractivity contribution < 1.29 is 0 Å². The lowest BCUT2D eigenvalue weighted by Gasteiger charge is -2.28. The first-order valence-electron chi connectivity index (χ1n) is 11.1. The second-order valence-electron chi connectivity index (χ2n) is 7.40. The van der Waals surface area contributed by atoms with E-state index in [4.69, 9.17) is 0 Å². The number of hydrogen-bond acceptors (Lipinski definition) is 0. The molecule has 0 unspecified atom stereocenters. The fourth-order valence-electron chi connectivity index (χ4n) is 2.42. The van der Waals surface area contributed by atoms with Gasteiger partial charge in [-0.3, -0.25) is 0 Å². The van der Waals surface area contributed by atoms with Crippen LogP contribution in [0.1, 0.15) is 118 Å². The van der Waals surface area contributed by atoms with E-state index in [0.717, 1.165) is 0 Å². The van der Waals surface area contributed by atoms with Gasteiger partial charge < -0.3 is 0 Å². The van der Waals surface area contributed by atoms with E-state index in [9.17, 15) is 0 Å². The maximum atomic E-state index is 4.36. The minimum atomic E-state index is 0.208. The highest BCUT2D eigenvalue weighted by atomic mass is 14.3. The zero-order valence-electron chi connectivity index (χ0n) is 20.0. The Balaban J connectivity index is -0.000000567. The third-order valence-electron chi connectivity index (χ3n) is 3.94. The predicted molar refractivity (Wildman–Crippen MR) is 126 cm³/mol. The van der Waals surface area contributed by atoms with Crippen LogP contribution < -0.4 is 0 Å². The van der Waals surface area contributed by atoms with Gasteiger partial charge in [0.2, 0.25) is 0 Å². The fourth-order valence-corrected chi connectivity index (χ4v) is 2.42. The van der Waals surface area contributed by atoms with Gasteiger partial charge in [0.25, 0.3) is 0 Å². The molecule has 154 valence electrons. The highest BCUT2D eigenvalue weighted by Gasteiger charge is 2.23. The highest BCUT2D eigenvalue weighted by molar-refractivity contribution is 5.70. The summed E-state index contributed by atoms with van der Waals surface area (Å²) >= 11 is 0. The van der Waals surface area contributed by atoms with Crippen LogP contribution in [-0.2, 0) is 0 Å². The van der Waals surface area contributed by atoms with Crippen LogP contribution in [0.2, 0.25) is 0 Å². The van der Waals surface area contributed by atoms with Crippen LogP contribution >= 0.6 is 0 Å². The molecule has 1 aromatic rings. The monoisotopic (exact) mass is 362 g/mol. The molecule has 0 aliphatic carbocycles. The van der Waals surface area contributed by atoms with E-state index in [0.29, 0.717) is 0 Å². The Hall–Kier alpha value is -1.04. The van der Waals surface area contributed by atoms with Crippen molar-refractivity contribution in [1.82, 2.24) is 0 Å². The molecule has 0 bridgehead atoms. The van der Waals surface area contributed by atoms with E-state index in [1.165, 1.54) is 61.6 Å². The van der Waals surface area contributed by atoms with E-state index in [-0.39, 0.29) is 5.41 Å². The minimum absolute atomic E-state index is 0.208. The van der Waals surface area contributed by atoms with Crippen LogP contribution in [0.25, 0.3) is 5.57 Å². The molecule has 0 heterocycles. The number of rotatable bonds is 7. The first-order valence-corrected chi connectivity index (χ1v) is 11.1. The van der Waals surface area contributed by atoms with Gasteiger partial charge in [0, 0.05) is 0 Å². The number of hydrogen-bond donors (Lipinski definition) is 0. The summed E-state index contributed by atoms with van der Waals surface area (Å²) in [5.74, 6) is 0. The standard InChI is InChI=1S/C18H28.2C3H8.C2H6/c1-6-7-8-11-14-18(4,5)16(3)17-13-10-9-12-15(17)2;2*1-3-2;1-2/h9-10,12-13H,3,6-8,11,14H2,1-2,4-5H3;2*3H2,1-2H3;1-2H3.